The summed E-state index contributed by atoms with van der Waals surface area (Å²) in [5.74, 6) is 0.877. The lowest BCUT2D eigenvalue weighted by molar-refractivity contribution is 0.411. The van der Waals surface area contributed by atoms with E-state index in [1.165, 1.54) is 12.0 Å². The molecule has 0 amide bonds. The van der Waals surface area contributed by atoms with Crippen LogP contribution in [0.4, 0.5) is 0 Å². The highest BCUT2D eigenvalue weighted by Crippen LogP contribution is 2.25. The predicted molar refractivity (Wildman–Crippen MR) is 78.0 cm³/mol. The molecule has 0 bridgehead atoms. The van der Waals surface area contributed by atoms with E-state index in [9.17, 15) is 0 Å². The summed E-state index contributed by atoms with van der Waals surface area (Å²) in [4.78, 5) is 0. The molecule has 0 aliphatic carbocycles. The minimum Gasteiger partial charge on any atom is -0.496 e. The van der Waals surface area contributed by atoms with Crippen LogP contribution in [0.1, 0.15) is 25.8 Å². The van der Waals surface area contributed by atoms with E-state index in [1.807, 2.05) is 6.07 Å². The molecule has 3 nitrogen and oxygen atoms in total. The van der Waals surface area contributed by atoms with E-state index in [2.05, 4.69) is 52.5 Å². The Morgan fingerprint density at radius 3 is 2.83 bits per heavy atom. The van der Waals surface area contributed by atoms with Crippen molar-refractivity contribution in [2.45, 2.75) is 38.4 Å². The Balaban J connectivity index is 1.89. The van der Waals surface area contributed by atoms with Gasteiger partial charge in [-0.05, 0) is 53.9 Å². The number of benzene rings is 1. The maximum atomic E-state index is 5.23. The van der Waals surface area contributed by atoms with Gasteiger partial charge in [-0.1, -0.05) is 6.07 Å². The van der Waals surface area contributed by atoms with Gasteiger partial charge in [0.05, 0.1) is 11.6 Å². The van der Waals surface area contributed by atoms with Gasteiger partial charge in [0, 0.05) is 24.7 Å². The van der Waals surface area contributed by atoms with Crippen LogP contribution < -0.4 is 15.4 Å². The van der Waals surface area contributed by atoms with E-state index >= 15 is 0 Å². The van der Waals surface area contributed by atoms with Crippen molar-refractivity contribution in [1.29, 1.82) is 0 Å². The molecule has 1 fully saturated rings. The van der Waals surface area contributed by atoms with Crippen molar-refractivity contribution >= 4 is 15.9 Å². The number of ether oxygens (including phenoxy) is 1. The summed E-state index contributed by atoms with van der Waals surface area (Å²) < 4.78 is 6.24. The number of hydrogen-bond donors (Lipinski definition) is 2. The van der Waals surface area contributed by atoms with Gasteiger partial charge in [-0.25, -0.2) is 0 Å². The molecule has 4 heteroatoms. The fraction of sp³-hybridized carbons (Fsp3) is 0.571. The molecule has 0 aromatic heterocycles. The molecule has 2 rings (SSSR count). The van der Waals surface area contributed by atoms with Gasteiger partial charge >= 0.3 is 0 Å². The number of hydrogen-bond acceptors (Lipinski definition) is 3. The van der Waals surface area contributed by atoms with E-state index in [1.54, 1.807) is 7.11 Å². The van der Waals surface area contributed by atoms with Crippen molar-refractivity contribution in [2.75, 3.05) is 13.7 Å². The zero-order valence-corrected chi connectivity index (χ0v) is 12.8. The summed E-state index contributed by atoms with van der Waals surface area (Å²) in [6.45, 7) is 6.44. The Morgan fingerprint density at radius 2 is 2.28 bits per heavy atom. The highest BCUT2D eigenvalue weighted by Gasteiger charge is 2.29. The molecule has 1 unspecified atom stereocenters. The monoisotopic (exact) mass is 312 g/mol. The molecule has 1 saturated heterocycles. The molecule has 18 heavy (non-hydrogen) atoms. The first-order chi connectivity index (χ1) is 8.50. The lowest BCUT2D eigenvalue weighted by Crippen LogP contribution is -2.31. The van der Waals surface area contributed by atoms with E-state index in [4.69, 9.17) is 4.74 Å². The number of methoxy groups -OCH3 is 1. The Morgan fingerprint density at radius 1 is 1.50 bits per heavy atom. The Kier molecular flexibility index (Phi) is 4.30. The van der Waals surface area contributed by atoms with Gasteiger partial charge in [0.2, 0.25) is 0 Å². The Bertz CT molecular complexity index is 420. The van der Waals surface area contributed by atoms with Crippen molar-refractivity contribution in [3.8, 4) is 5.75 Å². The second-order valence-electron chi connectivity index (χ2n) is 5.52. The summed E-state index contributed by atoms with van der Waals surface area (Å²) in [5.41, 5.74) is 1.53. The predicted octanol–water partition coefficient (Wildman–Crippen LogP) is 2.69. The molecule has 1 heterocycles. The molecular formula is C14H21BrN2O. The Labute approximate surface area is 117 Å². The largest absolute Gasteiger partial charge is 0.496 e. The van der Waals surface area contributed by atoms with Gasteiger partial charge in [-0.2, -0.15) is 0 Å². The average molecular weight is 313 g/mol. The van der Waals surface area contributed by atoms with Gasteiger partial charge in [0.25, 0.3) is 0 Å². The fourth-order valence-electron chi connectivity index (χ4n) is 2.39. The summed E-state index contributed by atoms with van der Waals surface area (Å²) in [6, 6.07) is 6.77. The summed E-state index contributed by atoms with van der Waals surface area (Å²) in [6.07, 6.45) is 1.17. The second kappa shape index (κ2) is 5.59. The van der Waals surface area contributed by atoms with Crippen molar-refractivity contribution in [3.05, 3.63) is 28.2 Å². The summed E-state index contributed by atoms with van der Waals surface area (Å²) in [7, 11) is 1.68. The first-order valence-electron chi connectivity index (χ1n) is 6.31. The first-order valence-corrected chi connectivity index (χ1v) is 7.10. The molecule has 1 aromatic rings. The van der Waals surface area contributed by atoms with Gasteiger partial charge in [-0.3, -0.25) is 0 Å². The molecule has 1 aliphatic heterocycles. The zero-order chi connectivity index (χ0) is 13.2. The number of nitrogens with one attached hydrogen (secondary N) is 2. The molecule has 100 valence electrons. The van der Waals surface area contributed by atoms with Gasteiger partial charge in [0.15, 0.2) is 0 Å². The van der Waals surface area contributed by atoms with Crippen LogP contribution in [0.25, 0.3) is 0 Å². The smallest absolute Gasteiger partial charge is 0.133 e. The molecular weight excluding hydrogens is 292 g/mol. The SMILES string of the molecule is COc1ccc(CNC2CNC(C)(C)C2)cc1Br. The maximum Gasteiger partial charge on any atom is 0.133 e. The minimum absolute atomic E-state index is 0.262. The quantitative estimate of drug-likeness (QED) is 0.897. The van der Waals surface area contributed by atoms with Crippen LogP contribution in [-0.2, 0) is 6.54 Å². The van der Waals surface area contributed by atoms with E-state index in [0.29, 0.717) is 6.04 Å². The van der Waals surface area contributed by atoms with Crippen LogP contribution >= 0.6 is 15.9 Å². The Hall–Kier alpha value is -0.580. The fourth-order valence-corrected chi connectivity index (χ4v) is 2.97. The van der Waals surface area contributed by atoms with E-state index < -0.39 is 0 Å². The highest BCUT2D eigenvalue weighted by atomic mass is 79.9. The van der Waals surface area contributed by atoms with Crippen molar-refractivity contribution in [1.82, 2.24) is 10.6 Å². The van der Waals surface area contributed by atoms with Crippen LogP contribution in [0.2, 0.25) is 0 Å². The third-order valence-electron chi connectivity index (χ3n) is 3.39. The van der Waals surface area contributed by atoms with E-state index in [-0.39, 0.29) is 5.54 Å². The molecule has 2 N–H and O–H groups in total. The zero-order valence-electron chi connectivity index (χ0n) is 11.2. The molecule has 0 radical (unpaired) electrons. The molecule has 0 saturated carbocycles. The van der Waals surface area contributed by atoms with Gasteiger partial charge < -0.3 is 15.4 Å². The standard InChI is InChI=1S/C14H21BrN2O/c1-14(2)7-11(9-17-14)16-8-10-4-5-13(18-3)12(15)6-10/h4-6,11,16-17H,7-9H2,1-3H3. The van der Waals surface area contributed by atoms with Crippen LogP contribution in [-0.4, -0.2) is 25.2 Å². The lowest BCUT2D eigenvalue weighted by Gasteiger charge is -2.17. The third kappa shape index (κ3) is 3.46. The summed E-state index contributed by atoms with van der Waals surface area (Å²) in [5, 5.41) is 7.11. The van der Waals surface area contributed by atoms with Crippen LogP contribution in [0, 0.1) is 0 Å². The highest BCUT2D eigenvalue weighted by molar-refractivity contribution is 9.10. The maximum absolute atomic E-state index is 5.23. The molecule has 1 atom stereocenters. The van der Waals surface area contributed by atoms with Crippen molar-refractivity contribution < 1.29 is 4.74 Å². The number of rotatable bonds is 4. The number of halogens is 1. The first kappa shape index (κ1) is 13.8. The molecule has 1 aromatic carbocycles. The van der Waals surface area contributed by atoms with Crippen molar-refractivity contribution in [2.24, 2.45) is 0 Å². The average Bonchev–Trinajstić information content (AvgIpc) is 2.66. The van der Waals surface area contributed by atoms with Crippen LogP contribution in [0.5, 0.6) is 5.75 Å². The lowest BCUT2D eigenvalue weighted by atomic mass is 10.0. The van der Waals surface area contributed by atoms with Gasteiger partial charge in [-0.15, -0.1) is 0 Å². The van der Waals surface area contributed by atoms with Crippen molar-refractivity contribution in [3.63, 3.8) is 0 Å². The summed E-state index contributed by atoms with van der Waals surface area (Å²) >= 11 is 3.51. The van der Waals surface area contributed by atoms with E-state index in [0.717, 1.165) is 23.3 Å². The second-order valence-corrected chi connectivity index (χ2v) is 6.37. The van der Waals surface area contributed by atoms with Crippen LogP contribution in [0.3, 0.4) is 0 Å². The molecule has 1 aliphatic rings. The van der Waals surface area contributed by atoms with Crippen LogP contribution in [0.15, 0.2) is 22.7 Å². The molecule has 0 spiro atoms. The third-order valence-corrected chi connectivity index (χ3v) is 4.01. The topological polar surface area (TPSA) is 33.3 Å². The normalized spacial score (nSPS) is 22.1. The minimum atomic E-state index is 0.262. The van der Waals surface area contributed by atoms with Gasteiger partial charge in [0.1, 0.15) is 5.75 Å².